The molecule has 146 valence electrons. The average Bonchev–Trinajstić information content (AvgIpc) is 2.62. The average molecular weight is 372 g/mol. The minimum Gasteiger partial charge on any atom is -0.379 e. The Hall–Kier alpha value is -1.80. The van der Waals surface area contributed by atoms with Gasteiger partial charge in [0.15, 0.2) is 5.96 Å². The molecule has 0 amide bonds. The molecule has 1 aliphatic heterocycles. The molecule has 5 nitrogen and oxygen atoms in total. The summed E-state index contributed by atoms with van der Waals surface area (Å²) in [5.74, 6) is 0.559. The van der Waals surface area contributed by atoms with Gasteiger partial charge in [0.1, 0.15) is 0 Å². The van der Waals surface area contributed by atoms with E-state index in [1.165, 1.54) is 6.07 Å². The Morgan fingerprint density at radius 3 is 2.50 bits per heavy atom. The number of morpholine rings is 1. The topological polar surface area (TPSA) is 48.9 Å². The van der Waals surface area contributed by atoms with Crippen molar-refractivity contribution in [2.24, 2.45) is 4.99 Å². The smallest absolute Gasteiger partial charge is 0.379 e. The third kappa shape index (κ3) is 5.88. The first kappa shape index (κ1) is 20.5. The number of nitrogens with zero attached hydrogens (tertiary/aromatic N) is 2. The highest BCUT2D eigenvalue weighted by Gasteiger charge is 2.30. The van der Waals surface area contributed by atoms with Crippen LogP contribution in [-0.4, -0.2) is 56.3 Å². The van der Waals surface area contributed by atoms with Gasteiger partial charge in [-0.15, -0.1) is 0 Å². The second-order valence-corrected chi connectivity index (χ2v) is 6.89. The van der Waals surface area contributed by atoms with Gasteiger partial charge in [0, 0.05) is 38.8 Å². The van der Waals surface area contributed by atoms with Gasteiger partial charge in [-0.1, -0.05) is 12.1 Å². The Balaban J connectivity index is 1.88. The summed E-state index contributed by atoms with van der Waals surface area (Å²) < 4.78 is 43.8. The van der Waals surface area contributed by atoms with Crippen molar-refractivity contribution < 1.29 is 17.9 Å². The van der Waals surface area contributed by atoms with Gasteiger partial charge in [0.25, 0.3) is 0 Å². The lowest BCUT2D eigenvalue weighted by Gasteiger charge is -2.41. The van der Waals surface area contributed by atoms with Crippen molar-refractivity contribution in [2.45, 2.75) is 32.1 Å². The number of halogens is 3. The molecule has 0 bridgehead atoms. The van der Waals surface area contributed by atoms with Crippen molar-refractivity contribution in [1.82, 2.24) is 15.5 Å². The molecule has 0 unspecified atom stereocenters. The molecule has 2 N–H and O–H groups in total. The standard InChI is InChI=1S/C18H27F3N4O/c1-17(2,25-7-9-26-10-8-25)13-24-16(22-3)23-12-14-5-4-6-15(11-14)18(19,20)21/h4-6,11H,7-10,12-13H2,1-3H3,(H2,22,23,24). The molecule has 1 heterocycles. The molecule has 1 fully saturated rings. The van der Waals surface area contributed by atoms with Crippen LogP contribution in [0.4, 0.5) is 13.2 Å². The Bertz CT molecular complexity index is 611. The number of hydrogen-bond donors (Lipinski definition) is 2. The van der Waals surface area contributed by atoms with Gasteiger partial charge in [0.05, 0.1) is 18.8 Å². The van der Waals surface area contributed by atoms with Crippen LogP contribution in [0.25, 0.3) is 0 Å². The van der Waals surface area contributed by atoms with E-state index in [0.29, 0.717) is 18.1 Å². The van der Waals surface area contributed by atoms with Crippen molar-refractivity contribution in [1.29, 1.82) is 0 Å². The number of guanidine groups is 1. The Labute approximate surface area is 152 Å². The summed E-state index contributed by atoms with van der Waals surface area (Å²) >= 11 is 0. The molecule has 1 aromatic rings. The van der Waals surface area contributed by atoms with Crippen molar-refractivity contribution in [3.05, 3.63) is 35.4 Å². The molecule has 0 saturated carbocycles. The highest BCUT2D eigenvalue weighted by Crippen LogP contribution is 2.29. The highest BCUT2D eigenvalue weighted by atomic mass is 19.4. The molecule has 26 heavy (non-hydrogen) atoms. The van der Waals surface area contributed by atoms with E-state index in [1.807, 2.05) is 0 Å². The minimum atomic E-state index is -4.34. The fourth-order valence-corrected chi connectivity index (χ4v) is 2.84. The fourth-order valence-electron chi connectivity index (χ4n) is 2.84. The van der Waals surface area contributed by atoms with Gasteiger partial charge < -0.3 is 15.4 Å². The number of rotatable bonds is 5. The molecule has 8 heteroatoms. The highest BCUT2D eigenvalue weighted by molar-refractivity contribution is 5.79. The third-order valence-electron chi connectivity index (χ3n) is 4.49. The predicted molar refractivity (Wildman–Crippen MR) is 96.1 cm³/mol. The lowest BCUT2D eigenvalue weighted by molar-refractivity contribution is -0.137. The first-order chi connectivity index (χ1) is 12.2. The van der Waals surface area contributed by atoms with Gasteiger partial charge in [-0.3, -0.25) is 9.89 Å². The molecule has 0 atom stereocenters. The van der Waals surface area contributed by atoms with Crippen LogP contribution in [0.15, 0.2) is 29.3 Å². The van der Waals surface area contributed by atoms with Crippen LogP contribution in [0.5, 0.6) is 0 Å². The second-order valence-electron chi connectivity index (χ2n) is 6.89. The molecule has 0 aromatic heterocycles. The van der Waals surface area contributed by atoms with Crippen molar-refractivity contribution in [3.8, 4) is 0 Å². The zero-order valence-electron chi connectivity index (χ0n) is 15.5. The largest absolute Gasteiger partial charge is 0.416 e. The number of nitrogens with one attached hydrogen (secondary N) is 2. The van der Waals surface area contributed by atoms with Gasteiger partial charge in [-0.25, -0.2) is 0 Å². The minimum absolute atomic E-state index is 0.0857. The van der Waals surface area contributed by atoms with Crippen LogP contribution in [0.3, 0.4) is 0 Å². The maximum Gasteiger partial charge on any atom is 0.416 e. The lowest BCUT2D eigenvalue weighted by Crippen LogP contribution is -2.56. The molecule has 1 aliphatic rings. The van der Waals surface area contributed by atoms with E-state index in [0.717, 1.165) is 38.4 Å². The normalized spacial score (nSPS) is 17.2. The van der Waals surface area contributed by atoms with Gasteiger partial charge in [0.2, 0.25) is 0 Å². The number of benzene rings is 1. The number of hydrogen-bond acceptors (Lipinski definition) is 3. The van der Waals surface area contributed by atoms with Crippen molar-refractivity contribution in [2.75, 3.05) is 39.9 Å². The van der Waals surface area contributed by atoms with Crippen LogP contribution < -0.4 is 10.6 Å². The van der Waals surface area contributed by atoms with E-state index in [-0.39, 0.29) is 12.1 Å². The molecule has 0 radical (unpaired) electrons. The summed E-state index contributed by atoms with van der Waals surface area (Å²) in [6, 6.07) is 5.30. The predicted octanol–water partition coefficient (Wildman–Crippen LogP) is 2.48. The third-order valence-corrected chi connectivity index (χ3v) is 4.49. The molecule has 0 spiro atoms. The molecular formula is C18H27F3N4O. The summed E-state index contributed by atoms with van der Waals surface area (Å²) in [7, 11) is 1.64. The van der Waals surface area contributed by atoms with Crippen LogP contribution in [-0.2, 0) is 17.5 Å². The monoisotopic (exact) mass is 372 g/mol. The Morgan fingerprint density at radius 2 is 1.88 bits per heavy atom. The van der Waals surface area contributed by atoms with Crippen molar-refractivity contribution >= 4 is 5.96 Å². The van der Waals surface area contributed by atoms with E-state index in [4.69, 9.17) is 4.74 Å². The maximum atomic E-state index is 12.8. The van der Waals surface area contributed by atoms with E-state index in [2.05, 4.69) is 34.4 Å². The quantitative estimate of drug-likeness (QED) is 0.616. The van der Waals surface area contributed by atoms with Gasteiger partial charge >= 0.3 is 6.18 Å². The summed E-state index contributed by atoms with van der Waals surface area (Å²) in [5.41, 5.74) is -0.180. The fraction of sp³-hybridized carbons (Fsp3) is 0.611. The SMILES string of the molecule is CN=C(NCc1cccc(C(F)(F)F)c1)NCC(C)(C)N1CCOCC1. The van der Waals surface area contributed by atoms with Crippen LogP contribution in [0.1, 0.15) is 25.0 Å². The van der Waals surface area contributed by atoms with E-state index in [1.54, 1.807) is 13.1 Å². The first-order valence-electron chi connectivity index (χ1n) is 8.66. The zero-order chi connectivity index (χ0) is 19.2. The number of aliphatic imine (C=N–C) groups is 1. The Kier molecular flexibility index (Phi) is 6.88. The first-order valence-corrected chi connectivity index (χ1v) is 8.66. The number of alkyl halides is 3. The van der Waals surface area contributed by atoms with E-state index < -0.39 is 11.7 Å². The van der Waals surface area contributed by atoms with E-state index in [9.17, 15) is 13.2 Å². The maximum absolute atomic E-state index is 12.8. The summed E-state index contributed by atoms with van der Waals surface area (Å²) in [6.07, 6.45) is -4.34. The lowest BCUT2D eigenvalue weighted by atomic mass is 10.0. The van der Waals surface area contributed by atoms with Crippen molar-refractivity contribution in [3.63, 3.8) is 0 Å². The Morgan fingerprint density at radius 1 is 1.19 bits per heavy atom. The van der Waals surface area contributed by atoms with Gasteiger partial charge in [-0.2, -0.15) is 13.2 Å². The second kappa shape index (κ2) is 8.73. The summed E-state index contributed by atoms with van der Waals surface area (Å²) in [4.78, 5) is 6.50. The summed E-state index contributed by atoms with van der Waals surface area (Å²) in [6.45, 7) is 8.43. The van der Waals surface area contributed by atoms with Gasteiger partial charge in [-0.05, 0) is 31.5 Å². The van der Waals surface area contributed by atoms with Crippen LogP contribution >= 0.6 is 0 Å². The molecule has 0 aliphatic carbocycles. The van der Waals surface area contributed by atoms with Crippen LogP contribution in [0.2, 0.25) is 0 Å². The zero-order valence-corrected chi connectivity index (χ0v) is 15.5. The van der Waals surface area contributed by atoms with E-state index >= 15 is 0 Å². The molecule has 2 rings (SSSR count). The van der Waals surface area contributed by atoms with Crippen LogP contribution in [0, 0.1) is 0 Å². The molecular weight excluding hydrogens is 345 g/mol. The molecule has 1 aromatic carbocycles. The summed E-state index contributed by atoms with van der Waals surface area (Å²) in [5, 5.41) is 6.32. The molecule has 1 saturated heterocycles. The number of ether oxygens (including phenoxy) is 1.